The lowest BCUT2D eigenvalue weighted by Gasteiger charge is -2.31. The van der Waals surface area contributed by atoms with Crippen LogP contribution in [0.2, 0.25) is 5.02 Å². The number of hydrogen-bond acceptors (Lipinski definition) is 7. The summed E-state index contributed by atoms with van der Waals surface area (Å²) < 4.78 is 5.66. The third-order valence-corrected chi connectivity index (χ3v) is 5.99. The molecule has 8 heteroatoms. The van der Waals surface area contributed by atoms with Crippen LogP contribution >= 0.6 is 23.4 Å². The Hall–Kier alpha value is -1.99. The van der Waals surface area contributed by atoms with Crippen LogP contribution in [-0.4, -0.2) is 28.1 Å². The van der Waals surface area contributed by atoms with Crippen molar-refractivity contribution in [2.45, 2.75) is 68.4 Å². The molecule has 0 aliphatic heterocycles. The number of benzene rings is 1. The lowest BCUT2D eigenvalue weighted by atomic mass is 9.92. The first-order valence-corrected chi connectivity index (χ1v) is 10.9. The number of hydrogen-bond donors (Lipinski definition) is 2. The molecule has 29 heavy (non-hydrogen) atoms. The lowest BCUT2D eigenvalue weighted by molar-refractivity contribution is -0.160. The van der Waals surface area contributed by atoms with Crippen molar-refractivity contribution >= 4 is 41.1 Å². The Kier molecular flexibility index (Phi) is 6.90. The third kappa shape index (κ3) is 6.24. The number of halogens is 1. The molecule has 1 aromatic carbocycles. The monoisotopic (exact) mass is 434 g/mol. The van der Waals surface area contributed by atoms with E-state index in [0.29, 0.717) is 5.02 Å². The van der Waals surface area contributed by atoms with Gasteiger partial charge < -0.3 is 15.8 Å². The zero-order chi connectivity index (χ0) is 21.0. The number of esters is 1. The fourth-order valence-electron chi connectivity index (χ4n) is 3.04. The molecule has 0 amide bonds. The molecule has 1 aromatic heterocycles. The second kappa shape index (κ2) is 9.22. The number of nitrogens with one attached hydrogen (secondary N) is 1. The van der Waals surface area contributed by atoms with Crippen molar-refractivity contribution in [3.8, 4) is 0 Å². The van der Waals surface area contributed by atoms with Crippen molar-refractivity contribution < 1.29 is 9.53 Å². The van der Waals surface area contributed by atoms with Crippen LogP contribution < -0.4 is 11.1 Å². The van der Waals surface area contributed by atoms with Gasteiger partial charge in [0.05, 0.1) is 10.3 Å². The van der Waals surface area contributed by atoms with Gasteiger partial charge in [-0.1, -0.05) is 23.4 Å². The Balaban J connectivity index is 1.61. The summed E-state index contributed by atoms with van der Waals surface area (Å²) in [5.41, 5.74) is 5.35. The zero-order valence-electron chi connectivity index (χ0n) is 16.9. The van der Waals surface area contributed by atoms with E-state index < -0.39 is 5.41 Å². The highest BCUT2D eigenvalue weighted by atomic mass is 35.5. The molecule has 3 rings (SSSR count). The first kappa shape index (κ1) is 21.7. The van der Waals surface area contributed by atoms with Crippen LogP contribution in [0.1, 0.15) is 46.5 Å². The maximum Gasteiger partial charge on any atom is 0.311 e. The van der Waals surface area contributed by atoms with E-state index in [9.17, 15) is 4.79 Å². The van der Waals surface area contributed by atoms with E-state index in [1.807, 2.05) is 45.0 Å². The van der Waals surface area contributed by atoms with Gasteiger partial charge in [-0.3, -0.25) is 4.79 Å². The van der Waals surface area contributed by atoms with Crippen LogP contribution in [0.25, 0.3) is 0 Å². The smallest absolute Gasteiger partial charge is 0.311 e. The Morgan fingerprint density at radius 1 is 1.21 bits per heavy atom. The molecule has 156 valence electrons. The minimum atomic E-state index is -0.471. The van der Waals surface area contributed by atoms with E-state index in [1.165, 1.54) is 0 Å². The quantitative estimate of drug-likeness (QED) is 0.626. The first-order chi connectivity index (χ1) is 13.7. The summed E-state index contributed by atoms with van der Waals surface area (Å²) in [6.45, 7) is 5.63. The maximum atomic E-state index is 12.1. The SMILES string of the molecule is CC(C)(C)C(=O)O[C@H]1CC[C@H](Nc2nc(N)ncc2Sc2ccc(Cl)cc2)CC1. The van der Waals surface area contributed by atoms with Crippen LogP contribution in [0, 0.1) is 5.41 Å². The molecule has 6 nitrogen and oxygen atoms in total. The maximum absolute atomic E-state index is 12.1. The average molecular weight is 435 g/mol. The highest BCUT2D eigenvalue weighted by Crippen LogP contribution is 2.34. The van der Waals surface area contributed by atoms with Gasteiger partial charge in [0, 0.05) is 22.2 Å². The van der Waals surface area contributed by atoms with E-state index >= 15 is 0 Å². The number of carbonyl (C=O) groups excluding carboxylic acids is 1. The predicted octanol–water partition coefficient (Wildman–Crippen LogP) is 5.18. The van der Waals surface area contributed by atoms with E-state index in [1.54, 1.807) is 18.0 Å². The van der Waals surface area contributed by atoms with Crippen molar-refractivity contribution in [1.82, 2.24) is 9.97 Å². The molecule has 1 saturated carbocycles. The Morgan fingerprint density at radius 2 is 1.86 bits per heavy atom. The standard InChI is InChI=1S/C21H27ClN4O2S/c1-21(2,3)19(27)28-15-8-6-14(7-9-15)25-18-17(12-24-20(23)26-18)29-16-10-4-13(22)5-11-16/h4-5,10-12,14-15H,6-9H2,1-3H3,(H3,23,24,25,26)/t14-,15-. The fourth-order valence-corrected chi connectivity index (χ4v) is 4.00. The molecule has 0 atom stereocenters. The number of nitrogens with two attached hydrogens (primary N) is 1. The van der Waals surface area contributed by atoms with Crippen LogP contribution in [0.3, 0.4) is 0 Å². The topological polar surface area (TPSA) is 90.1 Å². The number of carbonyl (C=O) groups is 1. The molecule has 0 spiro atoms. The Labute approximate surface area is 181 Å². The average Bonchev–Trinajstić information content (AvgIpc) is 2.66. The molecule has 2 aromatic rings. The number of ether oxygens (including phenoxy) is 1. The van der Waals surface area contributed by atoms with E-state index in [2.05, 4.69) is 15.3 Å². The van der Waals surface area contributed by atoms with Crippen LogP contribution in [0.5, 0.6) is 0 Å². The summed E-state index contributed by atoms with van der Waals surface area (Å²) in [5.74, 6) is 0.826. The predicted molar refractivity (Wildman–Crippen MR) is 117 cm³/mol. The van der Waals surface area contributed by atoms with Gasteiger partial charge in [-0.05, 0) is 70.7 Å². The normalized spacial score (nSPS) is 19.6. The van der Waals surface area contributed by atoms with Crippen molar-refractivity contribution in [1.29, 1.82) is 0 Å². The summed E-state index contributed by atoms with van der Waals surface area (Å²) in [6, 6.07) is 7.88. The van der Waals surface area contributed by atoms with Gasteiger partial charge in [-0.2, -0.15) is 4.98 Å². The molecule has 1 aliphatic carbocycles. The molecule has 0 radical (unpaired) electrons. The highest BCUT2D eigenvalue weighted by Gasteiger charge is 2.29. The van der Waals surface area contributed by atoms with E-state index in [4.69, 9.17) is 22.1 Å². The molecular formula is C21H27ClN4O2S. The van der Waals surface area contributed by atoms with Gasteiger partial charge in [-0.15, -0.1) is 0 Å². The minimum Gasteiger partial charge on any atom is -0.462 e. The molecule has 3 N–H and O–H groups in total. The molecule has 1 fully saturated rings. The summed E-state index contributed by atoms with van der Waals surface area (Å²) in [6.07, 6.45) is 5.19. The second-order valence-electron chi connectivity index (χ2n) is 8.27. The Morgan fingerprint density at radius 3 is 2.48 bits per heavy atom. The molecule has 0 unspecified atom stereocenters. The van der Waals surface area contributed by atoms with Gasteiger partial charge in [0.2, 0.25) is 5.95 Å². The van der Waals surface area contributed by atoms with Gasteiger partial charge in [-0.25, -0.2) is 4.98 Å². The number of anilines is 2. The number of nitrogen functional groups attached to an aromatic ring is 1. The second-order valence-corrected chi connectivity index (χ2v) is 9.82. The van der Waals surface area contributed by atoms with Crippen LogP contribution in [-0.2, 0) is 9.53 Å². The summed E-state index contributed by atoms with van der Waals surface area (Å²) in [4.78, 5) is 22.6. The first-order valence-electron chi connectivity index (χ1n) is 9.74. The summed E-state index contributed by atoms with van der Waals surface area (Å²) in [5, 5.41) is 4.21. The molecule has 1 aliphatic rings. The van der Waals surface area contributed by atoms with Crippen molar-refractivity contribution in [2.24, 2.45) is 5.41 Å². The van der Waals surface area contributed by atoms with Gasteiger partial charge in [0.15, 0.2) is 0 Å². The molecule has 1 heterocycles. The summed E-state index contributed by atoms with van der Waals surface area (Å²) >= 11 is 7.53. The van der Waals surface area contributed by atoms with Gasteiger partial charge in [0.25, 0.3) is 0 Å². The highest BCUT2D eigenvalue weighted by molar-refractivity contribution is 7.99. The van der Waals surface area contributed by atoms with Crippen molar-refractivity contribution in [3.05, 3.63) is 35.5 Å². The Bertz CT molecular complexity index is 847. The van der Waals surface area contributed by atoms with Crippen molar-refractivity contribution in [3.63, 3.8) is 0 Å². The molecule has 0 bridgehead atoms. The van der Waals surface area contributed by atoms with E-state index in [0.717, 1.165) is 41.3 Å². The van der Waals surface area contributed by atoms with Crippen LogP contribution in [0.4, 0.5) is 11.8 Å². The largest absolute Gasteiger partial charge is 0.462 e. The van der Waals surface area contributed by atoms with Gasteiger partial charge >= 0.3 is 5.97 Å². The summed E-state index contributed by atoms with van der Waals surface area (Å²) in [7, 11) is 0. The van der Waals surface area contributed by atoms with Gasteiger partial charge in [0.1, 0.15) is 11.9 Å². The van der Waals surface area contributed by atoms with Crippen molar-refractivity contribution in [2.75, 3.05) is 11.1 Å². The number of nitrogens with zero attached hydrogens (tertiary/aromatic N) is 2. The number of aromatic nitrogens is 2. The molecule has 0 saturated heterocycles. The minimum absolute atomic E-state index is 0.0156. The third-order valence-electron chi connectivity index (χ3n) is 4.72. The molecular weight excluding hydrogens is 408 g/mol. The van der Waals surface area contributed by atoms with E-state index in [-0.39, 0.29) is 24.1 Å². The van der Waals surface area contributed by atoms with Crippen LogP contribution in [0.15, 0.2) is 40.3 Å². The number of rotatable bonds is 5. The zero-order valence-corrected chi connectivity index (χ0v) is 18.5. The fraction of sp³-hybridized carbons (Fsp3) is 0.476. The lowest BCUT2D eigenvalue weighted by Crippen LogP contribution is -2.34.